The number of hydrogen-bond donors (Lipinski definition) is 1. The van der Waals surface area contributed by atoms with E-state index in [9.17, 15) is 4.79 Å². The summed E-state index contributed by atoms with van der Waals surface area (Å²) >= 11 is 0. The summed E-state index contributed by atoms with van der Waals surface area (Å²) in [6, 6.07) is 0. The summed E-state index contributed by atoms with van der Waals surface area (Å²) in [5.41, 5.74) is 1.05. The fourth-order valence-electron chi connectivity index (χ4n) is 0.823. The Morgan fingerprint density at radius 1 is 1.42 bits per heavy atom. The van der Waals surface area contributed by atoms with Gasteiger partial charge in [0.25, 0.3) is 0 Å². The van der Waals surface area contributed by atoms with Gasteiger partial charge in [0, 0.05) is 13.1 Å². The minimum Gasteiger partial charge on any atom is -0.356 e. The molecule has 0 aromatic carbocycles. The molecule has 0 unspecified atom stereocenters. The maximum atomic E-state index is 11.0. The molecule has 0 heterocycles. The van der Waals surface area contributed by atoms with E-state index < -0.39 is 0 Å². The second-order valence-electron chi connectivity index (χ2n) is 2.91. The highest BCUT2D eigenvalue weighted by molar-refractivity contribution is 5.88. The minimum atomic E-state index is -0.0446. The molecule has 12 heavy (non-hydrogen) atoms. The Morgan fingerprint density at radius 2 is 2.00 bits per heavy atom. The van der Waals surface area contributed by atoms with Crippen molar-refractivity contribution < 1.29 is 4.79 Å². The zero-order chi connectivity index (χ0) is 9.56. The van der Waals surface area contributed by atoms with E-state index in [0.29, 0.717) is 5.92 Å². The molecule has 0 aliphatic rings. The molecule has 2 heteroatoms. The molecule has 0 fully saturated rings. The Balaban J connectivity index is 4.49. The predicted molar refractivity (Wildman–Crippen MR) is 51.8 cm³/mol. The lowest BCUT2D eigenvalue weighted by atomic mass is 10.0. The molecule has 0 saturated carbocycles. The van der Waals surface area contributed by atoms with E-state index >= 15 is 0 Å². The van der Waals surface area contributed by atoms with Gasteiger partial charge in [-0.2, -0.15) is 0 Å². The number of nitrogens with one attached hydrogen (secondary N) is 1. The van der Waals surface area contributed by atoms with Crippen LogP contribution in [0.4, 0.5) is 0 Å². The molecule has 0 radical (unpaired) electrons. The summed E-state index contributed by atoms with van der Waals surface area (Å²) in [6.45, 7) is 6.07. The van der Waals surface area contributed by atoms with Crippen LogP contribution >= 0.6 is 0 Å². The molecule has 2 nitrogen and oxygen atoms in total. The zero-order valence-electron chi connectivity index (χ0n) is 8.22. The van der Waals surface area contributed by atoms with Gasteiger partial charge < -0.3 is 5.32 Å². The molecule has 68 valence electrons. The summed E-state index contributed by atoms with van der Waals surface area (Å²) in [4.78, 5) is 11.0. The van der Waals surface area contributed by atoms with Crippen molar-refractivity contribution in [3.63, 3.8) is 0 Å². The zero-order valence-corrected chi connectivity index (χ0v) is 8.22. The first-order valence-corrected chi connectivity index (χ1v) is 4.17. The standard InChI is InChI=1S/C10H17NO/c1-5-6-9(8(2)3)7-10(12)11-4/h5-8H,1-4H3,(H,11,12)/b6-5-,9-7+. The molecule has 0 atom stereocenters. The second-order valence-corrected chi connectivity index (χ2v) is 2.91. The first kappa shape index (κ1) is 11.0. The molecular formula is C10H17NO. The molecule has 0 bridgehead atoms. The van der Waals surface area contributed by atoms with Gasteiger partial charge >= 0.3 is 0 Å². The first-order chi connectivity index (χ1) is 5.61. The average molecular weight is 167 g/mol. The number of rotatable bonds is 3. The monoisotopic (exact) mass is 167 g/mol. The molecule has 0 aromatic heterocycles. The van der Waals surface area contributed by atoms with Crippen LogP contribution in [0.3, 0.4) is 0 Å². The van der Waals surface area contributed by atoms with Gasteiger partial charge in [-0.3, -0.25) is 4.79 Å². The Hall–Kier alpha value is -1.05. The van der Waals surface area contributed by atoms with Crippen molar-refractivity contribution in [2.45, 2.75) is 20.8 Å². The summed E-state index contributed by atoms with van der Waals surface area (Å²) < 4.78 is 0. The summed E-state index contributed by atoms with van der Waals surface area (Å²) in [6.07, 6.45) is 5.53. The summed E-state index contributed by atoms with van der Waals surface area (Å²) in [5, 5.41) is 2.56. The van der Waals surface area contributed by atoms with Crippen LogP contribution in [-0.4, -0.2) is 13.0 Å². The van der Waals surface area contributed by atoms with Crippen molar-refractivity contribution in [1.29, 1.82) is 0 Å². The third-order valence-electron chi connectivity index (χ3n) is 1.57. The lowest BCUT2D eigenvalue weighted by molar-refractivity contribution is -0.116. The van der Waals surface area contributed by atoms with Crippen molar-refractivity contribution in [2.75, 3.05) is 7.05 Å². The Kier molecular flexibility index (Phi) is 5.09. The Bertz CT molecular complexity index is 202. The van der Waals surface area contributed by atoms with E-state index in [2.05, 4.69) is 19.2 Å². The van der Waals surface area contributed by atoms with Gasteiger partial charge in [-0.15, -0.1) is 0 Å². The highest BCUT2D eigenvalue weighted by Crippen LogP contribution is 2.10. The maximum absolute atomic E-state index is 11.0. The van der Waals surface area contributed by atoms with Crippen LogP contribution in [0.2, 0.25) is 0 Å². The lowest BCUT2D eigenvalue weighted by Crippen LogP contribution is -2.15. The molecule has 1 amide bonds. The number of hydrogen-bond acceptors (Lipinski definition) is 1. The van der Waals surface area contributed by atoms with Crippen LogP contribution < -0.4 is 5.32 Å². The van der Waals surface area contributed by atoms with E-state index in [1.54, 1.807) is 13.1 Å². The largest absolute Gasteiger partial charge is 0.356 e. The van der Waals surface area contributed by atoms with Crippen molar-refractivity contribution in [3.8, 4) is 0 Å². The van der Waals surface area contributed by atoms with E-state index in [0.717, 1.165) is 5.57 Å². The molecule has 0 aliphatic carbocycles. The van der Waals surface area contributed by atoms with Gasteiger partial charge in [0.15, 0.2) is 0 Å². The fraction of sp³-hybridized carbons (Fsp3) is 0.500. The van der Waals surface area contributed by atoms with E-state index in [-0.39, 0.29) is 5.91 Å². The molecule has 0 spiro atoms. The Labute approximate surface area is 74.4 Å². The van der Waals surface area contributed by atoms with Crippen molar-refractivity contribution in [1.82, 2.24) is 5.32 Å². The smallest absolute Gasteiger partial charge is 0.244 e. The third kappa shape index (κ3) is 3.96. The summed E-state index contributed by atoms with van der Waals surface area (Å²) in [5.74, 6) is 0.343. The van der Waals surface area contributed by atoms with Crippen LogP contribution in [-0.2, 0) is 4.79 Å². The molecule has 0 aliphatic heterocycles. The summed E-state index contributed by atoms with van der Waals surface area (Å²) in [7, 11) is 1.63. The van der Waals surface area contributed by atoms with Crippen molar-refractivity contribution in [3.05, 3.63) is 23.8 Å². The molecule has 1 N–H and O–H groups in total. The predicted octanol–water partition coefficient (Wildman–Crippen LogP) is 1.89. The number of allylic oxidation sites excluding steroid dienone is 3. The van der Waals surface area contributed by atoms with Gasteiger partial charge in [0.1, 0.15) is 0 Å². The van der Waals surface area contributed by atoms with Crippen molar-refractivity contribution >= 4 is 5.91 Å². The quantitative estimate of drug-likeness (QED) is 0.504. The highest BCUT2D eigenvalue weighted by atomic mass is 16.1. The van der Waals surface area contributed by atoms with Gasteiger partial charge in [0.2, 0.25) is 5.91 Å². The van der Waals surface area contributed by atoms with E-state index in [4.69, 9.17) is 0 Å². The van der Waals surface area contributed by atoms with Gasteiger partial charge in [-0.1, -0.05) is 26.0 Å². The molecule has 0 aromatic rings. The van der Waals surface area contributed by atoms with Crippen molar-refractivity contribution in [2.24, 2.45) is 5.92 Å². The van der Waals surface area contributed by atoms with E-state index in [1.807, 2.05) is 19.1 Å². The van der Waals surface area contributed by atoms with Gasteiger partial charge in [0.05, 0.1) is 0 Å². The van der Waals surface area contributed by atoms with Crippen LogP contribution in [0, 0.1) is 5.92 Å². The molecular weight excluding hydrogens is 150 g/mol. The highest BCUT2D eigenvalue weighted by Gasteiger charge is 2.00. The van der Waals surface area contributed by atoms with E-state index in [1.165, 1.54) is 0 Å². The topological polar surface area (TPSA) is 29.1 Å². The SMILES string of the molecule is C/C=C\C(=C/C(=O)NC)C(C)C. The van der Waals surface area contributed by atoms with Crippen LogP contribution in [0.15, 0.2) is 23.8 Å². The molecule has 0 rings (SSSR count). The number of carbonyl (C=O) groups is 1. The van der Waals surface area contributed by atoms with Crippen LogP contribution in [0.5, 0.6) is 0 Å². The normalized spacial score (nSPS) is 12.6. The number of carbonyl (C=O) groups excluding carboxylic acids is 1. The third-order valence-corrected chi connectivity index (χ3v) is 1.57. The fourth-order valence-corrected chi connectivity index (χ4v) is 0.823. The average Bonchev–Trinajstić information content (AvgIpc) is 2.03. The van der Waals surface area contributed by atoms with Gasteiger partial charge in [-0.25, -0.2) is 0 Å². The number of amides is 1. The second kappa shape index (κ2) is 5.58. The first-order valence-electron chi connectivity index (χ1n) is 4.17. The lowest BCUT2D eigenvalue weighted by Gasteiger charge is -2.05. The maximum Gasteiger partial charge on any atom is 0.244 e. The van der Waals surface area contributed by atoms with Crippen LogP contribution in [0.25, 0.3) is 0 Å². The van der Waals surface area contributed by atoms with Crippen LogP contribution in [0.1, 0.15) is 20.8 Å². The van der Waals surface area contributed by atoms with Gasteiger partial charge in [-0.05, 0) is 18.4 Å². The Morgan fingerprint density at radius 3 is 2.33 bits per heavy atom. The minimum absolute atomic E-state index is 0.0446. The number of likely N-dealkylation sites (N-methyl/N-ethyl adjacent to an activating group) is 1. The molecule has 0 saturated heterocycles.